The first kappa shape index (κ1) is 17.1. The van der Waals surface area contributed by atoms with Gasteiger partial charge >= 0.3 is 0 Å². The highest BCUT2D eigenvalue weighted by Crippen LogP contribution is 2.33. The molecule has 6 heteroatoms. The first-order chi connectivity index (χ1) is 13.2. The van der Waals surface area contributed by atoms with Crippen molar-refractivity contribution < 1.29 is 9.59 Å². The molecular weight excluding hydrogens is 340 g/mol. The zero-order valence-corrected chi connectivity index (χ0v) is 14.8. The maximum atomic E-state index is 12.5. The van der Waals surface area contributed by atoms with Crippen LogP contribution < -0.4 is 0 Å². The number of nitrogens with zero attached hydrogens (tertiary/aromatic N) is 3. The maximum Gasteiger partial charge on any atom is 0.295 e. The third-order valence-corrected chi connectivity index (χ3v) is 5.06. The molecule has 1 saturated heterocycles. The largest absolute Gasteiger partial charge is 0.336 e. The molecular formula is C21H20N4O2. The standard InChI is InChI=1S/C21H20N4O2/c26-20(17-7-4-10-22-13-17)21(27)25-11-8-16(9-12-25)19-18(14-23-24-19)15-5-2-1-3-6-15/h1-7,10,13-14,16H,8-9,11-12H2,(H,23,24). The van der Waals surface area contributed by atoms with Crippen molar-refractivity contribution in [3.63, 3.8) is 0 Å². The lowest BCUT2D eigenvalue weighted by Gasteiger charge is -2.31. The normalized spacial score (nSPS) is 14.9. The van der Waals surface area contributed by atoms with Gasteiger partial charge in [0.25, 0.3) is 11.7 Å². The Balaban J connectivity index is 1.44. The van der Waals surface area contributed by atoms with Crippen LogP contribution in [-0.2, 0) is 4.79 Å². The summed E-state index contributed by atoms with van der Waals surface area (Å²) in [5, 5.41) is 7.37. The number of benzene rings is 1. The van der Waals surface area contributed by atoms with Gasteiger partial charge in [-0.2, -0.15) is 5.10 Å². The molecule has 0 aliphatic carbocycles. The van der Waals surface area contributed by atoms with Crippen molar-refractivity contribution in [3.8, 4) is 11.1 Å². The van der Waals surface area contributed by atoms with Gasteiger partial charge in [-0.25, -0.2) is 0 Å². The lowest BCUT2D eigenvalue weighted by atomic mass is 9.89. The van der Waals surface area contributed by atoms with E-state index in [4.69, 9.17) is 0 Å². The van der Waals surface area contributed by atoms with E-state index in [0.717, 1.165) is 29.7 Å². The second-order valence-corrected chi connectivity index (χ2v) is 6.70. The molecule has 0 bridgehead atoms. The zero-order valence-electron chi connectivity index (χ0n) is 14.8. The Morgan fingerprint density at radius 2 is 1.78 bits per heavy atom. The van der Waals surface area contributed by atoms with Crippen molar-refractivity contribution in [1.29, 1.82) is 0 Å². The predicted molar refractivity (Wildman–Crippen MR) is 101 cm³/mol. The number of carbonyl (C=O) groups is 2. The van der Waals surface area contributed by atoms with Crippen LogP contribution in [0.1, 0.15) is 34.8 Å². The van der Waals surface area contributed by atoms with Crippen LogP contribution in [0.5, 0.6) is 0 Å². The number of carbonyl (C=O) groups excluding carboxylic acids is 2. The quantitative estimate of drug-likeness (QED) is 0.573. The van der Waals surface area contributed by atoms with Crippen LogP contribution >= 0.6 is 0 Å². The van der Waals surface area contributed by atoms with Gasteiger partial charge in [-0.1, -0.05) is 30.3 Å². The molecule has 1 aromatic carbocycles. The zero-order chi connectivity index (χ0) is 18.6. The first-order valence-electron chi connectivity index (χ1n) is 9.06. The molecule has 0 radical (unpaired) electrons. The second kappa shape index (κ2) is 7.53. The molecule has 1 aliphatic heterocycles. The average molecular weight is 360 g/mol. The molecule has 136 valence electrons. The number of ketones is 1. The minimum atomic E-state index is -0.493. The molecule has 27 heavy (non-hydrogen) atoms. The summed E-state index contributed by atoms with van der Waals surface area (Å²) in [6.07, 6.45) is 6.47. The molecule has 0 unspecified atom stereocenters. The van der Waals surface area contributed by atoms with Gasteiger partial charge < -0.3 is 4.90 Å². The predicted octanol–water partition coefficient (Wildman–Crippen LogP) is 3.06. The number of amides is 1. The molecule has 1 fully saturated rings. The van der Waals surface area contributed by atoms with Crippen LogP contribution in [-0.4, -0.2) is 44.9 Å². The molecule has 0 spiro atoms. The summed E-state index contributed by atoms with van der Waals surface area (Å²) in [6, 6.07) is 13.4. The van der Waals surface area contributed by atoms with Gasteiger partial charge in [0.15, 0.2) is 0 Å². The van der Waals surface area contributed by atoms with Gasteiger partial charge in [-0.05, 0) is 30.5 Å². The van der Waals surface area contributed by atoms with E-state index in [1.807, 2.05) is 24.4 Å². The van der Waals surface area contributed by atoms with Crippen molar-refractivity contribution in [3.05, 3.63) is 72.3 Å². The van der Waals surface area contributed by atoms with Gasteiger partial charge in [0.1, 0.15) is 0 Å². The topological polar surface area (TPSA) is 79.0 Å². The molecule has 1 N–H and O–H groups in total. The first-order valence-corrected chi connectivity index (χ1v) is 9.06. The summed E-state index contributed by atoms with van der Waals surface area (Å²) in [7, 11) is 0. The number of rotatable bonds is 4. The van der Waals surface area contributed by atoms with Crippen molar-refractivity contribution in [2.24, 2.45) is 0 Å². The van der Waals surface area contributed by atoms with Crippen LogP contribution in [0.4, 0.5) is 0 Å². The van der Waals surface area contributed by atoms with Crippen LogP contribution in [0, 0.1) is 0 Å². The molecule has 3 heterocycles. The highest BCUT2D eigenvalue weighted by molar-refractivity contribution is 6.42. The lowest BCUT2D eigenvalue weighted by Crippen LogP contribution is -2.41. The minimum absolute atomic E-state index is 0.292. The SMILES string of the molecule is O=C(C(=O)N1CCC(c2[nH]ncc2-c2ccccc2)CC1)c1cccnc1. The van der Waals surface area contributed by atoms with E-state index in [1.54, 1.807) is 23.2 Å². The van der Waals surface area contributed by atoms with Gasteiger partial charge in [0.2, 0.25) is 0 Å². The van der Waals surface area contributed by atoms with Crippen molar-refractivity contribution in [2.45, 2.75) is 18.8 Å². The number of nitrogens with one attached hydrogen (secondary N) is 1. The van der Waals surface area contributed by atoms with E-state index in [0.29, 0.717) is 24.6 Å². The van der Waals surface area contributed by atoms with Gasteiger partial charge in [-0.15, -0.1) is 0 Å². The number of likely N-dealkylation sites (tertiary alicyclic amines) is 1. The van der Waals surface area contributed by atoms with E-state index < -0.39 is 11.7 Å². The fourth-order valence-corrected chi connectivity index (χ4v) is 3.59. The summed E-state index contributed by atoms with van der Waals surface area (Å²) in [5.74, 6) is -0.650. The molecule has 4 rings (SSSR count). The number of piperidine rings is 1. The maximum absolute atomic E-state index is 12.5. The number of Topliss-reactive ketones (excluding diaryl/α,β-unsaturated/α-hetero) is 1. The Bertz CT molecular complexity index is 929. The van der Waals surface area contributed by atoms with Crippen LogP contribution in [0.25, 0.3) is 11.1 Å². The smallest absolute Gasteiger partial charge is 0.295 e. The summed E-state index contributed by atoms with van der Waals surface area (Å²) in [6.45, 7) is 1.12. The third-order valence-electron chi connectivity index (χ3n) is 5.06. The van der Waals surface area contributed by atoms with Crippen molar-refractivity contribution in [1.82, 2.24) is 20.1 Å². The number of aromatic amines is 1. The van der Waals surface area contributed by atoms with Gasteiger partial charge in [0, 0.05) is 48.2 Å². The highest BCUT2D eigenvalue weighted by Gasteiger charge is 2.30. The summed E-state index contributed by atoms with van der Waals surface area (Å²) in [5.41, 5.74) is 3.68. The number of pyridine rings is 1. The van der Waals surface area contributed by atoms with E-state index in [9.17, 15) is 9.59 Å². The summed E-state index contributed by atoms with van der Waals surface area (Å²) in [4.78, 5) is 30.4. The number of hydrogen-bond acceptors (Lipinski definition) is 4. The van der Waals surface area contributed by atoms with Crippen molar-refractivity contribution in [2.75, 3.05) is 13.1 Å². The molecule has 1 aliphatic rings. The average Bonchev–Trinajstić information content (AvgIpc) is 3.24. The second-order valence-electron chi connectivity index (χ2n) is 6.70. The van der Waals surface area contributed by atoms with E-state index >= 15 is 0 Å². The third kappa shape index (κ3) is 3.51. The molecule has 3 aromatic rings. The van der Waals surface area contributed by atoms with E-state index in [1.165, 1.54) is 6.20 Å². The van der Waals surface area contributed by atoms with Crippen molar-refractivity contribution >= 4 is 11.7 Å². The molecule has 0 atom stereocenters. The number of aromatic nitrogens is 3. The Kier molecular flexibility index (Phi) is 4.78. The monoisotopic (exact) mass is 360 g/mol. The minimum Gasteiger partial charge on any atom is -0.336 e. The number of H-pyrrole nitrogens is 1. The van der Waals surface area contributed by atoms with Gasteiger partial charge in [-0.3, -0.25) is 19.7 Å². The summed E-state index contributed by atoms with van der Waals surface area (Å²) >= 11 is 0. The molecule has 6 nitrogen and oxygen atoms in total. The van der Waals surface area contributed by atoms with E-state index in [2.05, 4.69) is 27.3 Å². The van der Waals surface area contributed by atoms with Gasteiger partial charge in [0.05, 0.1) is 6.20 Å². The molecule has 0 saturated carbocycles. The number of hydrogen-bond donors (Lipinski definition) is 1. The molecule has 1 amide bonds. The van der Waals surface area contributed by atoms with Crippen LogP contribution in [0.3, 0.4) is 0 Å². The Morgan fingerprint density at radius 3 is 2.48 bits per heavy atom. The van der Waals surface area contributed by atoms with Crippen LogP contribution in [0.2, 0.25) is 0 Å². The molecule has 2 aromatic heterocycles. The van der Waals surface area contributed by atoms with Crippen LogP contribution in [0.15, 0.2) is 61.1 Å². The Labute approximate surface area is 157 Å². The fourth-order valence-electron chi connectivity index (χ4n) is 3.59. The highest BCUT2D eigenvalue weighted by atomic mass is 16.2. The Morgan fingerprint density at radius 1 is 1.00 bits per heavy atom. The fraction of sp³-hybridized carbons (Fsp3) is 0.238. The lowest BCUT2D eigenvalue weighted by molar-refractivity contribution is -0.127. The van der Waals surface area contributed by atoms with E-state index in [-0.39, 0.29) is 0 Å². The Hall–Kier alpha value is -3.28. The summed E-state index contributed by atoms with van der Waals surface area (Å²) < 4.78 is 0.